The van der Waals surface area contributed by atoms with Gasteiger partial charge < -0.3 is 19.9 Å². The third-order valence-corrected chi connectivity index (χ3v) is 4.22. The molecule has 0 aromatic rings. The first-order valence-corrected chi connectivity index (χ1v) is 7.22. The summed E-state index contributed by atoms with van der Waals surface area (Å²) in [5.41, 5.74) is 5.98. The Morgan fingerprint density at radius 1 is 1.11 bits per heavy atom. The van der Waals surface area contributed by atoms with Crippen LogP contribution in [-0.2, 0) is 14.2 Å². The van der Waals surface area contributed by atoms with Gasteiger partial charge in [-0.05, 0) is 38.0 Å². The van der Waals surface area contributed by atoms with Gasteiger partial charge in [0.2, 0.25) is 0 Å². The monoisotopic (exact) mass is 257 g/mol. The first-order valence-electron chi connectivity index (χ1n) is 7.22. The van der Waals surface area contributed by atoms with Gasteiger partial charge in [-0.25, -0.2) is 0 Å². The van der Waals surface area contributed by atoms with Crippen LogP contribution in [0.5, 0.6) is 0 Å². The van der Waals surface area contributed by atoms with Crippen molar-refractivity contribution in [2.45, 2.75) is 63.4 Å². The van der Waals surface area contributed by atoms with Crippen LogP contribution in [0.15, 0.2) is 0 Å². The summed E-state index contributed by atoms with van der Waals surface area (Å²) in [5, 5.41) is 0. The minimum absolute atomic E-state index is 0.0690. The summed E-state index contributed by atoms with van der Waals surface area (Å²) in [5.74, 6) is 0.863. The maximum atomic E-state index is 6.14. The predicted molar refractivity (Wildman–Crippen MR) is 70.5 cm³/mol. The van der Waals surface area contributed by atoms with E-state index in [-0.39, 0.29) is 18.2 Å². The van der Waals surface area contributed by atoms with Gasteiger partial charge in [0.25, 0.3) is 0 Å². The second kappa shape index (κ2) is 6.85. The summed E-state index contributed by atoms with van der Waals surface area (Å²) >= 11 is 0. The zero-order chi connectivity index (χ0) is 13.0. The van der Waals surface area contributed by atoms with Crippen molar-refractivity contribution in [2.24, 2.45) is 11.7 Å². The van der Waals surface area contributed by atoms with E-state index in [4.69, 9.17) is 19.9 Å². The van der Waals surface area contributed by atoms with E-state index in [2.05, 4.69) is 6.92 Å². The van der Waals surface area contributed by atoms with Crippen LogP contribution in [0.1, 0.15) is 39.0 Å². The van der Waals surface area contributed by atoms with E-state index in [0.717, 1.165) is 12.3 Å². The lowest BCUT2D eigenvalue weighted by molar-refractivity contribution is -0.170. The summed E-state index contributed by atoms with van der Waals surface area (Å²) in [6.07, 6.45) is 6.60. The second-order valence-electron chi connectivity index (χ2n) is 5.78. The van der Waals surface area contributed by atoms with Gasteiger partial charge in [0.15, 0.2) is 0 Å². The fourth-order valence-corrected chi connectivity index (χ4v) is 2.86. The van der Waals surface area contributed by atoms with Gasteiger partial charge in [-0.3, -0.25) is 0 Å². The van der Waals surface area contributed by atoms with E-state index in [1.54, 1.807) is 7.11 Å². The molecule has 106 valence electrons. The highest BCUT2D eigenvalue weighted by Crippen LogP contribution is 2.32. The van der Waals surface area contributed by atoms with E-state index in [9.17, 15) is 0 Å². The highest BCUT2D eigenvalue weighted by molar-refractivity contribution is 4.96. The Hall–Kier alpha value is -0.160. The van der Waals surface area contributed by atoms with Crippen molar-refractivity contribution in [3.63, 3.8) is 0 Å². The van der Waals surface area contributed by atoms with Gasteiger partial charge in [-0.1, -0.05) is 6.92 Å². The number of hydrogen-bond acceptors (Lipinski definition) is 4. The van der Waals surface area contributed by atoms with Crippen molar-refractivity contribution >= 4 is 0 Å². The smallest absolute Gasteiger partial charge is 0.0989 e. The molecule has 18 heavy (non-hydrogen) atoms. The molecule has 2 aliphatic carbocycles. The third-order valence-electron chi connectivity index (χ3n) is 4.22. The molecule has 0 bridgehead atoms. The lowest BCUT2D eigenvalue weighted by Gasteiger charge is -2.44. The van der Waals surface area contributed by atoms with Crippen LogP contribution < -0.4 is 5.73 Å². The summed E-state index contributed by atoms with van der Waals surface area (Å²) in [4.78, 5) is 0. The Labute approximate surface area is 110 Å². The minimum Gasteiger partial charge on any atom is -0.382 e. The standard InChI is InChI=1S/C14H27NO3/c1-10-3-5-11(6-4-10)18-13-9-12(15)14(13)17-8-7-16-2/h10-14H,3-9,15H2,1-2H3. The number of methoxy groups -OCH3 is 1. The molecule has 2 aliphatic rings. The molecule has 0 heterocycles. The molecule has 0 aromatic carbocycles. The van der Waals surface area contributed by atoms with Gasteiger partial charge in [0, 0.05) is 13.2 Å². The molecule has 3 unspecified atom stereocenters. The quantitative estimate of drug-likeness (QED) is 0.736. The molecule has 0 amide bonds. The summed E-state index contributed by atoms with van der Waals surface area (Å²) in [6.45, 7) is 3.56. The number of hydrogen-bond donors (Lipinski definition) is 1. The molecule has 4 heteroatoms. The Kier molecular flexibility index (Phi) is 5.42. The number of nitrogens with two attached hydrogens (primary N) is 1. The van der Waals surface area contributed by atoms with Crippen LogP contribution in [0.3, 0.4) is 0 Å². The fraction of sp³-hybridized carbons (Fsp3) is 1.00. The van der Waals surface area contributed by atoms with Gasteiger partial charge in [-0.15, -0.1) is 0 Å². The van der Waals surface area contributed by atoms with Crippen molar-refractivity contribution in [2.75, 3.05) is 20.3 Å². The van der Waals surface area contributed by atoms with Gasteiger partial charge >= 0.3 is 0 Å². The lowest BCUT2D eigenvalue weighted by Crippen LogP contribution is -2.59. The van der Waals surface area contributed by atoms with E-state index in [0.29, 0.717) is 19.3 Å². The van der Waals surface area contributed by atoms with Crippen molar-refractivity contribution in [3.8, 4) is 0 Å². The van der Waals surface area contributed by atoms with Crippen LogP contribution in [0.2, 0.25) is 0 Å². The first-order chi connectivity index (χ1) is 8.70. The molecule has 0 radical (unpaired) electrons. The Bertz CT molecular complexity index is 241. The number of rotatable bonds is 6. The van der Waals surface area contributed by atoms with E-state index < -0.39 is 0 Å². The van der Waals surface area contributed by atoms with Crippen LogP contribution >= 0.6 is 0 Å². The fourth-order valence-electron chi connectivity index (χ4n) is 2.86. The normalized spacial score (nSPS) is 40.5. The van der Waals surface area contributed by atoms with E-state index >= 15 is 0 Å². The molecule has 0 spiro atoms. The van der Waals surface area contributed by atoms with E-state index in [1.807, 2.05) is 0 Å². The minimum atomic E-state index is 0.0690. The zero-order valence-corrected chi connectivity index (χ0v) is 11.6. The van der Waals surface area contributed by atoms with Gasteiger partial charge in [0.1, 0.15) is 0 Å². The lowest BCUT2D eigenvalue weighted by atomic mass is 9.84. The highest BCUT2D eigenvalue weighted by Gasteiger charge is 2.42. The molecule has 4 nitrogen and oxygen atoms in total. The van der Waals surface area contributed by atoms with E-state index in [1.165, 1.54) is 25.7 Å². The second-order valence-corrected chi connectivity index (χ2v) is 5.78. The summed E-state index contributed by atoms with van der Waals surface area (Å²) in [6, 6.07) is 0.134. The van der Waals surface area contributed by atoms with Crippen molar-refractivity contribution in [1.82, 2.24) is 0 Å². The molecule has 3 atom stereocenters. The molecular weight excluding hydrogens is 230 g/mol. The van der Waals surface area contributed by atoms with Crippen LogP contribution in [-0.4, -0.2) is 44.7 Å². The summed E-state index contributed by atoms with van der Waals surface area (Å²) < 4.78 is 16.9. The van der Waals surface area contributed by atoms with Gasteiger partial charge in [-0.2, -0.15) is 0 Å². The van der Waals surface area contributed by atoms with Crippen molar-refractivity contribution in [3.05, 3.63) is 0 Å². The topological polar surface area (TPSA) is 53.7 Å². The molecule has 2 fully saturated rings. The summed E-state index contributed by atoms with van der Waals surface area (Å²) in [7, 11) is 1.68. The molecule has 0 aliphatic heterocycles. The maximum Gasteiger partial charge on any atom is 0.0989 e. The van der Waals surface area contributed by atoms with Crippen LogP contribution in [0.25, 0.3) is 0 Å². The molecule has 2 rings (SSSR count). The average molecular weight is 257 g/mol. The Morgan fingerprint density at radius 2 is 1.83 bits per heavy atom. The molecule has 2 N–H and O–H groups in total. The van der Waals surface area contributed by atoms with Gasteiger partial charge in [0.05, 0.1) is 31.5 Å². The maximum absolute atomic E-state index is 6.14. The van der Waals surface area contributed by atoms with Crippen LogP contribution in [0, 0.1) is 5.92 Å². The predicted octanol–water partition coefficient (Wildman–Crippen LogP) is 1.71. The van der Waals surface area contributed by atoms with Crippen molar-refractivity contribution in [1.29, 1.82) is 0 Å². The molecule has 2 saturated carbocycles. The Balaban J connectivity index is 1.69. The molecular formula is C14H27NO3. The number of ether oxygens (including phenoxy) is 3. The highest BCUT2D eigenvalue weighted by atomic mass is 16.6. The average Bonchev–Trinajstić information content (AvgIpc) is 2.36. The molecule has 0 aromatic heterocycles. The molecule has 0 saturated heterocycles. The largest absolute Gasteiger partial charge is 0.382 e. The SMILES string of the molecule is COCCOC1C(N)CC1OC1CCC(C)CC1. The zero-order valence-electron chi connectivity index (χ0n) is 11.6. The van der Waals surface area contributed by atoms with Crippen molar-refractivity contribution < 1.29 is 14.2 Å². The first kappa shape index (κ1) is 14.3. The third kappa shape index (κ3) is 3.67. The Morgan fingerprint density at radius 3 is 2.44 bits per heavy atom. The van der Waals surface area contributed by atoms with Crippen LogP contribution in [0.4, 0.5) is 0 Å².